The molecule has 2 fully saturated rings. The van der Waals surface area contributed by atoms with E-state index in [1.807, 2.05) is 13.8 Å². The fraction of sp³-hybridized carbons (Fsp3) is 0.812. The number of aliphatic hydroxyl groups excluding tert-OH is 4. The first-order valence-electron chi connectivity index (χ1n) is 7.93. The van der Waals surface area contributed by atoms with Gasteiger partial charge in [0.15, 0.2) is 12.1 Å². The van der Waals surface area contributed by atoms with Crippen molar-refractivity contribution in [3.8, 4) is 0 Å². The molecule has 7 heteroatoms. The highest BCUT2D eigenvalue weighted by atomic mass is 16.7. The number of carbonyl (C=O) groups is 1. The van der Waals surface area contributed by atoms with E-state index in [1.54, 1.807) is 6.08 Å². The van der Waals surface area contributed by atoms with Crippen LogP contribution in [0.15, 0.2) is 11.6 Å². The van der Waals surface area contributed by atoms with Gasteiger partial charge in [0.1, 0.15) is 24.4 Å². The van der Waals surface area contributed by atoms with Crippen LogP contribution in [-0.2, 0) is 14.3 Å². The largest absolute Gasteiger partial charge is 0.394 e. The Labute approximate surface area is 134 Å². The number of aliphatic hydroxyl groups is 4. The molecule has 8 unspecified atom stereocenters. The van der Waals surface area contributed by atoms with Gasteiger partial charge in [0.2, 0.25) is 0 Å². The lowest BCUT2D eigenvalue weighted by Gasteiger charge is -2.56. The zero-order valence-electron chi connectivity index (χ0n) is 13.3. The highest BCUT2D eigenvalue weighted by molar-refractivity contribution is 5.96. The standard InChI is InChI=1S/C16H24O7/c1-7-3-10(18)9-4-8(7)16(9,2)6-22-15-14(21)13(20)12(19)11(5-17)23-15/h3,8-9,11-15,17,19-21H,4-6H2,1-2H3. The summed E-state index contributed by atoms with van der Waals surface area (Å²) in [6.07, 6.45) is -3.91. The number of hydrogen-bond donors (Lipinski definition) is 4. The summed E-state index contributed by atoms with van der Waals surface area (Å²) in [6.45, 7) is 3.61. The van der Waals surface area contributed by atoms with Gasteiger partial charge in [-0.2, -0.15) is 0 Å². The minimum Gasteiger partial charge on any atom is -0.394 e. The monoisotopic (exact) mass is 328 g/mol. The fourth-order valence-corrected chi connectivity index (χ4v) is 4.10. The van der Waals surface area contributed by atoms with E-state index in [0.717, 1.165) is 12.0 Å². The molecule has 3 aliphatic carbocycles. The summed E-state index contributed by atoms with van der Waals surface area (Å²) < 4.78 is 11.0. The van der Waals surface area contributed by atoms with Gasteiger partial charge < -0.3 is 29.9 Å². The molecular formula is C16H24O7. The van der Waals surface area contributed by atoms with Crippen molar-refractivity contribution in [3.05, 3.63) is 11.6 Å². The highest BCUT2D eigenvalue weighted by Crippen LogP contribution is 2.58. The molecule has 0 amide bonds. The normalized spacial score (nSPS) is 49.6. The van der Waals surface area contributed by atoms with Gasteiger partial charge in [-0.1, -0.05) is 12.5 Å². The molecule has 1 saturated carbocycles. The molecule has 1 aliphatic heterocycles. The van der Waals surface area contributed by atoms with Crippen LogP contribution in [0.2, 0.25) is 0 Å². The molecule has 4 N–H and O–H groups in total. The van der Waals surface area contributed by atoms with Crippen molar-refractivity contribution in [1.29, 1.82) is 0 Å². The molecule has 4 rings (SSSR count). The van der Waals surface area contributed by atoms with Crippen LogP contribution in [0.3, 0.4) is 0 Å². The Bertz CT molecular complexity index is 517. The molecule has 1 heterocycles. The van der Waals surface area contributed by atoms with Gasteiger partial charge in [-0.15, -0.1) is 0 Å². The van der Waals surface area contributed by atoms with E-state index in [2.05, 4.69) is 0 Å². The Morgan fingerprint density at radius 1 is 1.26 bits per heavy atom. The third-order valence-electron chi connectivity index (χ3n) is 5.73. The van der Waals surface area contributed by atoms with E-state index < -0.39 is 37.3 Å². The van der Waals surface area contributed by atoms with E-state index in [0.29, 0.717) is 0 Å². The average Bonchev–Trinajstić information content (AvgIpc) is 2.50. The second-order valence-corrected chi connectivity index (χ2v) is 7.15. The first-order valence-corrected chi connectivity index (χ1v) is 7.93. The summed E-state index contributed by atoms with van der Waals surface area (Å²) >= 11 is 0. The fourth-order valence-electron chi connectivity index (χ4n) is 4.10. The van der Waals surface area contributed by atoms with Gasteiger partial charge in [-0.05, 0) is 25.3 Å². The van der Waals surface area contributed by atoms with Gasteiger partial charge in [-0.3, -0.25) is 4.79 Å². The van der Waals surface area contributed by atoms with Crippen molar-refractivity contribution in [2.24, 2.45) is 17.3 Å². The Hall–Kier alpha value is -0.830. The third kappa shape index (κ3) is 2.56. The predicted octanol–water partition coefficient (Wildman–Crippen LogP) is -1.03. The van der Waals surface area contributed by atoms with Crippen LogP contribution in [0.5, 0.6) is 0 Å². The van der Waals surface area contributed by atoms with Gasteiger partial charge in [0, 0.05) is 11.3 Å². The number of fused-ring (bicyclic) bond motifs is 1. The van der Waals surface area contributed by atoms with Crippen LogP contribution in [0.1, 0.15) is 20.3 Å². The summed E-state index contributed by atoms with van der Waals surface area (Å²) in [4.78, 5) is 12.0. The second kappa shape index (κ2) is 5.91. The first-order chi connectivity index (χ1) is 10.8. The lowest BCUT2D eigenvalue weighted by Crippen LogP contribution is -2.61. The molecule has 2 bridgehead atoms. The van der Waals surface area contributed by atoms with Crippen LogP contribution in [0.25, 0.3) is 0 Å². The Balaban J connectivity index is 1.67. The van der Waals surface area contributed by atoms with Crippen LogP contribution >= 0.6 is 0 Å². The molecule has 130 valence electrons. The third-order valence-corrected chi connectivity index (χ3v) is 5.73. The van der Waals surface area contributed by atoms with Crippen LogP contribution in [0, 0.1) is 17.3 Å². The Morgan fingerprint density at radius 3 is 2.52 bits per heavy atom. The highest BCUT2D eigenvalue weighted by Gasteiger charge is 2.58. The lowest BCUT2D eigenvalue weighted by atomic mass is 9.48. The quantitative estimate of drug-likeness (QED) is 0.521. The summed E-state index contributed by atoms with van der Waals surface area (Å²) in [5, 5.41) is 38.7. The Morgan fingerprint density at radius 2 is 1.96 bits per heavy atom. The zero-order valence-corrected chi connectivity index (χ0v) is 13.3. The molecule has 0 aromatic carbocycles. The number of ketones is 1. The van der Waals surface area contributed by atoms with E-state index in [1.165, 1.54) is 0 Å². The molecule has 0 aromatic rings. The molecule has 8 atom stereocenters. The summed E-state index contributed by atoms with van der Waals surface area (Å²) in [5.74, 6) is 0.265. The molecule has 1 saturated heterocycles. The molecule has 7 nitrogen and oxygen atoms in total. The maximum Gasteiger partial charge on any atom is 0.186 e. The number of hydrogen-bond acceptors (Lipinski definition) is 7. The summed E-state index contributed by atoms with van der Waals surface area (Å²) in [5.41, 5.74) is 0.687. The maximum atomic E-state index is 12.0. The summed E-state index contributed by atoms with van der Waals surface area (Å²) in [7, 11) is 0. The number of carbonyl (C=O) groups excluding carboxylic acids is 1. The van der Waals surface area contributed by atoms with E-state index in [-0.39, 0.29) is 29.6 Å². The van der Waals surface area contributed by atoms with E-state index >= 15 is 0 Å². The predicted molar refractivity (Wildman–Crippen MR) is 78.2 cm³/mol. The van der Waals surface area contributed by atoms with Gasteiger partial charge in [0.05, 0.1) is 13.2 Å². The van der Waals surface area contributed by atoms with Gasteiger partial charge in [0.25, 0.3) is 0 Å². The van der Waals surface area contributed by atoms with Crippen molar-refractivity contribution < 1.29 is 34.7 Å². The van der Waals surface area contributed by atoms with Gasteiger partial charge in [-0.25, -0.2) is 0 Å². The smallest absolute Gasteiger partial charge is 0.186 e. The number of allylic oxidation sites excluding steroid dienone is 2. The Kier molecular flexibility index (Phi) is 4.37. The minimum absolute atomic E-state index is 0.0962. The molecule has 23 heavy (non-hydrogen) atoms. The van der Waals surface area contributed by atoms with Crippen molar-refractivity contribution in [1.82, 2.24) is 0 Å². The number of rotatable bonds is 4. The summed E-state index contributed by atoms with van der Waals surface area (Å²) in [6, 6.07) is 0. The number of ether oxygens (including phenoxy) is 2. The van der Waals surface area contributed by atoms with Crippen molar-refractivity contribution in [3.63, 3.8) is 0 Å². The molecule has 0 radical (unpaired) electrons. The zero-order chi connectivity index (χ0) is 16.9. The van der Waals surface area contributed by atoms with Gasteiger partial charge >= 0.3 is 0 Å². The molecule has 4 aliphatic rings. The van der Waals surface area contributed by atoms with Crippen LogP contribution in [-0.4, -0.2) is 70.1 Å². The van der Waals surface area contributed by atoms with Crippen LogP contribution in [0.4, 0.5) is 0 Å². The first kappa shape index (κ1) is 17.0. The van der Waals surface area contributed by atoms with Crippen LogP contribution < -0.4 is 0 Å². The SMILES string of the molecule is CC1=CC(=O)C2CC1C2(C)COC1OC(CO)C(O)C(O)C1O. The lowest BCUT2D eigenvalue weighted by molar-refractivity contribution is -0.310. The van der Waals surface area contributed by atoms with Crippen molar-refractivity contribution in [2.45, 2.75) is 51.0 Å². The van der Waals surface area contributed by atoms with E-state index in [9.17, 15) is 25.2 Å². The molecule has 0 aromatic heterocycles. The molecule has 0 spiro atoms. The van der Waals surface area contributed by atoms with Crippen molar-refractivity contribution >= 4 is 5.78 Å². The molecular weight excluding hydrogens is 304 g/mol. The topological polar surface area (TPSA) is 116 Å². The minimum atomic E-state index is -1.46. The van der Waals surface area contributed by atoms with Crippen molar-refractivity contribution in [2.75, 3.05) is 13.2 Å². The second-order valence-electron chi connectivity index (χ2n) is 7.15. The average molecular weight is 328 g/mol. The maximum absolute atomic E-state index is 12.0. The van der Waals surface area contributed by atoms with E-state index in [4.69, 9.17) is 9.47 Å².